The van der Waals surface area contributed by atoms with Crippen LogP contribution in [0.5, 0.6) is 0 Å². The Kier molecular flexibility index (Phi) is 17.2. The van der Waals surface area contributed by atoms with Crippen LogP contribution in [-0.4, -0.2) is 11.9 Å². The fourth-order valence-electron chi connectivity index (χ4n) is 2.38. The molecule has 0 aromatic heterocycles. The van der Waals surface area contributed by atoms with E-state index in [9.17, 15) is 19.8 Å². The topological polar surface area (TPSA) is 80.3 Å². The molecule has 5 heteroatoms. The third-order valence-corrected chi connectivity index (χ3v) is 3.65. The van der Waals surface area contributed by atoms with Gasteiger partial charge in [0.25, 0.3) is 0 Å². The van der Waals surface area contributed by atoms with E-state index in [0.29, 0.717) is 6.42 Å². The van der Waals surface area contributed by atoms with E-state index in [1.54, 1.807) is 0 Å². The molecule has 0 N–H and O–H groups in total. The Hall–Kier alpha value is -0.541. The second-order valence-corrected chi connectivity index (χ2v) is 5.56. The quantitative estimate of drug-likeness (QED) is 0.357. The molecule has 0 aliphatic carbocycles. The number of carboxylic acid groups (broad SMARTS) is 2. The smallest absolute Gasteiger partial charge is 0.550 e. The van der Waals surface area contributed by atoms with E-state index < -0.39 is 24.3 Å². The Bertz CT molecular complexity index is 269. The minimum Gasteiger partial charge on any atom is -0.550 e. The molecule has 0 aliphatic rings. The van der Waals surface area contributed by atoms with Gasteiger partial charge in [-0.3, -0.25) is 0 Å². The number of aliphatic carboxylic acids is 2. The molecule has 0 fully saturated rings. The van der Waals surface area contributed by atoms with E-state index in [2.05, 4.69) is 6.92 Å². The number of carbonyl (C=O) groups is 2. The monoisotopic (exact) mass is 340 g/mol. The van der Waals surface area contributed by atoms with Gasteiger partial charge in [-0.15, -0.1) is 0 Å². The fourth-order valence-corrected chi connectivity index (χ4v) is 2.38. The Morgan fingerprint density at radius 1 is 0.810 bits per heavy atom. The predicted octanol–water partition coefficient (Wildman–Crippen LogP) is 1.80. The number of carboxylic acids is 2. The summed E-state index contributed by atoms with van der Waals surface area (Å²) in [6.45, 7) is 2.21. The van der Waals surface area contributed by atoms with Crippen molar-refractivity contribution in [2.45, 2.75) is 84.0 Å². The van der Waals surface area contributed by atoms with Gasteiger partial charge in [0, 0.05) is 17.9 Å². The molecule has 21 heavy (non-hydrogen) atoms. The van der Waals surface area contributed by atoms with Gasteiger partial charge >= 0.3 is 17.1 Å². The fraction of sp³-hybridized carbons (Fsp3) is 0.875. The van der Waals surface area contributed by atoms with Crippen molar-refractivity contribution < 1.29 is 36.9 Å². The Morgan fingerprint density at radius 3 is 1.62 bits per heavy atom. The van der Waals surface area contributed by atoms with E-state index in [4.69, 9.17) is 0 Å². The van der Waals surface area contributed by atoms with Gasteiger partial charge in [0.05, 0.1) is 0 Å². The molecule has 1 unspecified atom stereocenters. The van der Waals surface area contributed by atoms with Crippen LogP contribution in [0.25, 0.3) is 0 Å². The first kappa shape index (κ1) is 22.7. The van der Waals surface area contributed by atoms with Gasteiger partial charge in [0.15, 0.2) is 0 Å². The molecule has 4 nitrogen and oxygen atoms in total. The van der Waals surface area contributed by atoms with E-state index >= 15 is 0 Å². The van der Waals surface area contributed by atoms with Crippen molar-refractivity contribution in [2.75, 3.05) is 0 Å². The van der Waals surface area contributed by atoms with Crippen molar-refractivity contribution in [3.05, 3.63) is 0 Å². The maximum Gasteiger partial charge on any atom is 2.00 e. The van der Waals surface area contributed by atoms with Gasteiger partial charge in [0.2, 0.25) is 0 Å². The summed E-state index contributed by atoms with van der Waals surface area (Å²) in [6.07, 6.45) is 11.7. The van der Waals surface area contributed by atoms with E-state index in [-0.39, 0.29) is 17.1 Å². The van der Waals surface area contributed by atoms with Gasteiger partial charge in [-0.1, -0.05) is 71.1 Å². The van der Waals surface area contributed by atoms with Crippen LogP contribution in [0.15, 0.2) is 0 Å². The molecule has 0 aromatic rings. The van der Waals surface area contributed by atoms with Crippen LogP contribution in [0.3, 0.4) is 0 Å². The Morgan fingerprint density at radius 2 is 1.24 bits per heavy atom. The molecule has 0 rings (SSSR count). The van der Waals surface area contributed by atoms with Crippen LogP contribution in [0.4, 0.5) is 0 Å². The zero-order chi connectivity index (χ0) is 15.2. The molecular weight excluding hydrogens is 312 g/mol. The van der Waals surface area contributed by atoms with Crippen molar-refractivity contribution in [1.82, 2.24) is 0 Å². The molecule has 0 bridgehead atoms. The molecule has 0 aromatic carbocycles. The molecule has 0 amide bonds. The van der Waals surface area contributed by atoms with Crippen LogP contribution in [0.2, 0.25) is 0 Å². The second-order valence-electron chi connectivity index (χ2n) is 5.56. The van der Waals surface area contributed by atoms with Crippen LogP contribution < -0.4 is 10.2 Å². The normalized spacial score (nSPS) is 11.7. The summed E-state index contributed by atoms with van der Waals surface area (Å²) in [4.78, 5) is 21.1. The Labute approximate surface area is 139 Å². The average molecular weight is 340 g/mol. The summed E-state index contributed by atoms with van der Waals surface area (Å²) in [7, 11) is 0. The van der Waals surface area contributed by atoms with E-state index in [1.165, 1.54) is 44.9 Å². The molecule has 1 atom stereocenters. The van der Waals surface area contributed by atoms with Crippen LogP contribution >= 0.6 is 0 Å². The van der Waals surface area contributed by atoms with Crippen molar-refractivity contribution >= 4 is 11.9 Å². The van der Waals surface area contributed by atoms with Crippen molar-refractivity contribution in [1.29, 1.82) is 0 Å². The number of carbonyl (C=O) groups excluding carboxylic acids is 2. The molecule has 124 valence electrons. The predicted molar refractivity (Wildman–Crippen MR) is 74.6 cm³/mol. The third-order valence-electron chi connectivity index (χ3n) is 3.65. The summed E-state index contributed by atoms with van der Waals surface area (Å²) < 4.78 is 0. The SMILES string of the molecule is CCCCCCCCCCCCC(CC(=O)[O-])C(=O)[O-].[Fe+2]. The molecule has 0 radical (unpaired) electrons. The van der Waals surface area contributed by atoms with Gasteiger partial charge in [-0.05, 0) is 12.8 Å². The van der Waals surface area contributed by atoms with Crippen LogP contribution in [-0.2, 0) is 26.7 Å². The molecule has 0 spiro atoms. The summed E-state index contributed by atoms with van der Waals surface area (Å²) in [5.41, 5.74) is 0. The van der Waals surface area contributed by atoms with Crippen molar-refractivity contribution in [2.24, 2.45) is 5.92 Å². The number of rotatable bonds is 14. The number of hydrogen-bond acceptors (Lipinski definition) is 4. The summed E-state index contributed by atoms with van der Waals surface area (Å²) in [5.74, 6) is -3.48. The zero-order valence-electron chi connectivity index (χ0n) is 13.0. The summed E-state index contributed by atoms with van der Waals surface area (Å²) in [5, 5.41) is 21.1. The van der Waals surface area contributed by atoms with E-state index in [0.717, 1.165) is 19.3 Å². The number of hydrogen-bond donors (Lipinski definition) is 0. The third kappa shape index (κ3) is 15.7. The molecule has 0 aliphatic heterocycles. The minimum atomic E-state index is -1.31. The molecule has 0 heterocycles. The summed E-state index contributed by atoms with van der Waals surface area (Å²) in [6, 6.07) is 0. The molecule has 0 saturated carbocycles. The number of unbranched alkanes of at least 4 members (excludes halogenated alkanes) is 9. The van der Waals surface area contributed by atoms with Crippen LogP contribution in [0, 0.1) is 5.92 Å². The Balaban J connectivity index is 0. The van der Waals surface area contributed by atoms with Gasteiger partial charge < -0.3 is 19.8 Å². The van der Waals surface area contributed by atoms with Crippen LogP contribution in [0.1, 0.15) is 84.0 Å². The molecule has 0 saturated heterocycles. The standard InChI is InChI=1S/C16H30O4.Fe/c1-2-3-4-5-6-7-8-9-10-11-12-14(16(19)20)13-15(17)18;/h14H,2-13H2,1H3,(H,17,18)(H,19,20);/q;+2/p-2. The molecular formula is C16H28FeO4. The first-order valence-corrected chi connectivity index (χ1v) is 7.98. The maximum atomic E-state index is 10.7. The van der Waals surface area contributed by atoms with Gasteiger partial charge in [-0.25, -0.2) is 0 Å². The van der Waals surface area contributed by atoms with Crippen molar-refractivity contribution in [3.63, 3.8) is 0 Å². The second kappa shape index (κ2) is 15.8. The maximum absolute atomic E-state index is 10.7. The minimum absolute atomic E-state index is 0. The van der Waals surface area contributed by atoms with Crippen molar-refractivity contribution in [3.8, 4) is 0 Å². The first-order valence-electron chi connectivity index (χ1n) is 7.98. The first-order chi connectivity index (χ1) is 9.57. The van der Waals surface area contributed by atoms with Gasteiger partial charge in [-0.2, -0.15) is 0 Å². The average Bonchev–Trinajstić information content (AvgIpc) is 2.39. The summed E-state index contributed by atoms with van der Waals surface area (Å²) >= 11 is 0. The van der Waals surface area contributed by atoms with E-state index in [1.807, 2.05) is 0 Å². The largest absolute Gasteiger partial charge is 2.00 e. The van der Waals surface area contributed by atoms with Gasteiger partial charge in [0.1, 0.15) is 0 Å². The zero-order valence-corrected chi connectivity index (χ0v) is 14.2.